The predicted molar refractivity (Wildman–Crippen MR) is 183 cm³/mol. The number of rotatable bonds is 2. The Morgan fingerprint density at radius 2 is 1.23 bits per heavy atom. The number of benzene rings is 7. The Labute approximate surface area is 249 Å². The molecule has 3 heteroatoms. The van der Waals surface area contributed by atoms with E-state index in [1.165, 1.54) is 59.7 Å². The van der Waals surface area contributed by atoms with E-state index in [1.54, 1.807) is 0 Å². The highest BCUT2D eigenvalue weighted by Gasteiger charge is 2.33. The number of aryl methyl sites for hydroxylation is 1. The van der Waals surface area contributed by atoms with Crippen LogP contribution in [0, 0.1) is 6.92 Å². The van der Waals surface area contributed by atoms with Crippen molar-refractivity contribution in [2.24, 2.45) is 4.99 Å². The monoisotopic (exact) mass is 551 g/mol. The molecule has 0 bridgehead atoms. The topological polar surface area (TPSA) is 20.5 Å². The third-order valence-electron chi connectivity index (χ3n) is 9.25. The molecule has 7 aromatic carbocycles. The van der Waals surface area contributed by atoms with Crippen LogP contribution < -0.4 is 4.90 Å². The minimum absolute atomic E-state index is 0.142. The van der Waals surface area contributed by atoms with Crippen molar-refractivity contribution in [1.82, 2.24) is 4.57 Å². The third-order valence-corrected chi connectivity index (χ3v) is 9.25. The standard InChI is InChI=1S/C40H29N3/c1-25-15-21-35-33(23-25)38-32-12-6-4-10-27(32)19-22-37(38)43(35)40-39(41-34-13-7-8-14-36(34)42(40)2)29-18-20-31-28(24-29)17-16-26-9-3-5-11-30(26)31/h3-24,40H,1-2H3. The lowest BCUT2D eigenvalue weighted by molar-refractivity contribution is 0.657. The van der Waals surface area contributed by atoms with Crippen molar-refractivity contribution in [2.75, 3.05) is 11.9 Å². The highest BCUT2D eigenvalue weighted by molar-refractivity contribution is 6.22. The first kappa shape index (κ1) is 24.2. The Morgan fingerprint density at radius 1 is 0.558 bits per heavy atom. The van der Waals surface area contributed by atoms with E-state index < -0.39 is 0 Å². The lowest BCUT2D eigenvalue weighted by Crippen LogP contribution is -2.38. The molecule has 8 aromatic rings. The molecule has 0 saturated carbocycles. The van der Waals surface area contributed by atoms with Crippen molar-refractivity contribution in [1.29, 1.82) is 0 Å². The average Bonchev–Trinajstić information content (AvgIpc) is 3.38. The van der Waals surface area contributed by atoms with Crippen molar-refractivity contribution in [3.63, 3.8) is 0 Å². The van der Waals surface area contributed by atoms with Crippen LogP contribution in [0.4, 0.5) is 11.4 Å². The maximum absolute atomic E-state index is 5.42. The molecule has 1 aromatic heterocycles. The molecule has 0 saturated heterocycles. The van der Waals surface area contributed by atoms with Crippen LogP contribution in [-0.4, -0.2) is 17.3 Å². The Bertz CT molecular complexity index is 2450. The molecule has 1 aliphatic rings. The van der Waals surface area contributed by atoms with E-state index >= 15 is 0 Å². The van der Waals surface area contributed by atoms with Gasteiger partial charge in [0.2, 0.25) is 0 Å². The summed E-state index contributed by atoms with van der Waals surface area (Å²) in [7, 11) is 2.21. The van der Waals surface area contributed by atoms with Gasteiger partial charge in [0.25, 0.3) is 0 Å². The molecule has 2 heterocycles. The molecular formula is C40H29N3. The lowest BCUT2D eigenvalue weighted by atomic mass is 9.96. The van der Waals surface area contributed by atoms with Gasteiger partial charge in [-0.2, -0.15) is 0 Å². The molecule has 9 rings (SSSR count). The first-order chi connectivity index (χ1) is 21.2. The zero-order chi connectivity index (χ0) is 28.7. The van der Waals surface area contributed by atoms with Gasteiger partial charge < -0.3 is 9.47 Å². The Morgan fingerprint density at radius 3 is 2.12 bits per heavy atom. The second-order valence-corrected chi connectivity index (χ2v) is 11.8. The van der Waals surface area contributed by atoms with Gasteiger partial charge in [0.1, 0.15) is 0 Å². The molecule has 0 aliphatic carbocycles. The second-order valence-electron chi connectivity index (χ2n) is 11.8. The molecule has 1 unspecified atom stereocenters. The summed E-state index contributed by atoms with van der Waals surface area (Å²) in [6.07, 6.45) is -0.142. The number of likely N-dealkylation sites (N-methyl/N-ethyl adjacent to an activating group) is 1. The summed E-state index contributed by atoms with van der Waals surface area (Å²) in [6, 6.07) is 48.6. The van der Waals surface area contributed by atoms with E-state index in [2.05, 4.69) is 157 Å². The van der Waals surface area contributed by atoms with Gasteiger partial charge in [-0.3, -0.25) is 0 Å². The summed E-state index contributed by atoms with van der Waals surface area (Å²) in [6.45, 7) is 2.18. The Kier molecular flexibility index (Phi) is 5.09. The number of aromatic nitrogens is 1. The molecule has 204 valence electrons. The zero-order valence-electron chi connectivity index (χ0n) is 24.1. The molecule has 1 atom stereocenters. The highest BCUT2D eigenvalue weighted by atomic mass is 15.3. The molecule has 43 heavy (non-hydrogen) atoms. The van der Waals surface area contributed by atoms with Crippen molar-refractivity contribution < 1.29 is 0 Å². The van der Waals surface area contributed by atoms with E-state index in [1.807, 2.05) is 0 Å². The normalized spacial score (nSPS) is 15.1. The second kappa shape index (κ2) is 9.04. The van der Waals surface area contributed by atoms with Crippen molar-refractivity contribution >= 4 is 71.2 Å². The van der Waals surface area contributed by atoms with Crippen LogP contribution in [-0.2, 0) is 0 Å². The smallest absolute Gasteiger partial charge is 0.150 e. The van der Waals surface area contributed by atoms with Crippen LogP contribution in [0.15, 0.2) is 138 Å². The lowest BCUT2D eigenvalue weighted by Gasteiger charge is -2.37. The van der Waals surface area contributed by atoms with Gasteiger partial charge in [0.05, 0.1) is 28.1 Å². The van der Waals surface area contributed by atoms with Crippen LogP contribution in [0.25, 0.3) is 54.1 Å². The van der Waals surface area contributed by atoms with Gasteiger partial charge in [0.15, 0.2) is 6.17 Å². The first-order valence-electron chi connectivity index (χ1n) is 14.9. The predicted octanol–water partition coefficient (Wildman–Crippen LogP) is 10.3. The van der Waals surface area contributed by atoms with Crippen molar-refractivity contribution in [3.05, 3.63) is 145 Å². The number of anilines is 1. The van der Waals surface area contributed by atoms with Gasteiger partial charge in [-0.25, -0.2) is 4.99 Å². The van der Waals surface area contributed by atoms with Crippen LogP contribution in [0.3, 0.4) is 0 Å². The number of nitrogens with zero attached hydrogens (tertiary/aromatic N) is 3. The fourth-order valence-electron chi connectivity index (χ4n) is 7.24. The van der Waals surface area contributed by atoms with Crippen LogP contribution in [0.5, 0.6) is 0 Å². The van der Waals surface area contributed by atoms with E-state index in [4.69, 9.17) is 4.99 Å². The van der Waals surface area contributed by atoms with Gasteiger partial charge >= 0.3 is 0 Å². The summed E-state index contributed by atoms with van der Waals surface area (Å²) in [5.74, 6) is 0. The maximum atomic E-state index is 5.42. The molecule has 3 nitrogen and oxygen atoms in total. The fourth-order valence-corrected chi connectivity index (χ4v) is 7.24. The third kappa shape index (κ3) is 3.52. The minimum Gasteiger partial charge on any atom is -0.347 e. The summed E-state index contributed by atoms with van der Waals surface area (Å²) in [4.78, 5) is 7.82. The SMILES string of the molecule is Cc1ccc2c(c1)c1c3ccccc3ccc1n2C1C(c2ccc3c(ccc4ccccc43)c2)=Nc2ccccc2N1C. The van der Waals surface area contributed by atoms with Gasteiger partial charge in [-0.1, -0.05) is 103 Å². The number of hydrogen-bond donors (Lipinski definition) is 0. The average molecular weight is 552 g/mol. The van der Waals surface area contributed by atoms with Gasteiger partial charge in [-0.05, 0) is 75.6 Å². The minimum atomic E-state index is -0.142. The summed E-state index contributed by atoms with van der Waals surface area (Å²) >= 11 is 0. The van der Waals surface area contributed by atoms with Crippen LogP contribution in [0.2, 0.25) is 0 Å². The molecule has 0 radical (unpaired) electrons. The number of fused-ring (bicyclic) bond motifs is 9. The van der Waals surface area contributed by atoms with E-state index in [0.29, 0.717) is 0 Å². The van der Waals surface area contributed by atoms with E-state index in [9.17, 15) is 0 Å². The Balaban J connectivity index is 1.36. The fraction of sp³-hybridized carbons (Fsp3) is 0.0750. The van der Waals surface area contributed by atoms with Crippen molar-refractivity contribution in [2.45, 2.75) is 13.1 Å². The van der Waals surface area contributed by atoms with Gasteiger partial charge in [-0.15, -0.1) is 0 Å². The highest BCUT2D eigenvalue weighted by Crippen LogP contribution is 2.44. The molecule has 0 N–H and O–H groups in total. The molecule has 0 amide bonds. The van der Waals surface area contributed by atoms with Crippen LogP contribution in [0.1, 0.15) is 17.3 Å². The zero-order valence-corrected chi connectivity index (χ0v) is 24.1. The largest absolute Gasteiger partial charge is 0.347 e. The summed E-state index contributed by atoms with van der Waals surface area (Å²) in [5, 5.41) is 10.2. The quantitative estimate of drug-likeness (QED) is 0.196. The molecule has 0 spiro atoms. The molecular weight excluding hydrogens is 522 g/mol. The first-order valence-corrected chi connectivity index (χ1v) is 14.9. The molecule has 1 aliphatic heterocycles. The number of para-hydroxylation sites is 2. The van der Waals surface area contributed by atoms with Gasteiger partial charge in [0, 0.05) is 23.4 Å². The summed E-state index contributed by atoms with van der Waals surface area (Å²) in [5.41, 5.74) is 8.00. The number of aliphatic imine (C=N–C) groups is 1. The number of hydrogen-bond acceptors (Lipinski definition) is 2. The van der Waals surface area contributed by atoms with E-state index in [0.717, 1.165) is 22.6 Å². The van der Waals surface area contributed by atoms with Crippen molar-refractivity contribution in [3.8, 4) is 0 Å². The Hall–Kier alpha value is -5.41. The summed E-state index contributed by atoms with van der Waals surface area (Å²) < 4.78 is 2.51. The van der Waals surface area contributed by atoms with Crippen LogP contribution >= 0.6 is 0 Å². The molecule has 0 fully saturated rings. The maximum Gasteiger partial charge on any atom is 0.150 e. The van der Waals surface area contributed by atoms with E-state index in [-0.39, 0.29) is 6.17 Å².